The van der Waals surface area contributed by atoms with Crippen LogP contribution < -0.4 is 9.47 Å². The Morgan fingerprint density at radius 3 is 2.39 bits per heavy atom. The molecule has 0 bridgehead atoms. The molecule has 0 amide bonds. The smallest absolute Gasteiger partial charge is 0.494 e. The van der Waals surface area contributed by atoms with E-state index in [1.807, 2.05) is 0 Å². The first-order valence-corrected chi connectivity index (χ1v) is 5.45. The zero-order valence-corrected chi connectivity index (χ0v) is 11.3. The van der Waals surface area contributed by atoms with Gasteiger partial charge in [0.1, 0.15) is 3.70 Å². The molecule has 1 aromatic rings. The van der Waals surface area contributed by atoms with Gasteiger partial charge in [-0.25, -0.2) is 9.78 Å². The van der Waals surface area contributed by atoms with Crippen molar-refractivity contribution in [3.8, 4) is 11.5 Å². The number of carbonyl (C=O) groups is 1. The average molecular weight is 377 g/mol. The summed E-state index contributed by atoms with van der Waals surface area (Å²) < 4.78 is 49.6. The maximum atomic E-state index is 12.2. The molecule has 0 aliphatic rings. The number of rotatable bonds is 3. The zero-order chi connectivity index (χ0) is 13.9. The van der Waals surface area contributed by atoms with Crippen LogP contribution in [0.1, 0.15) is 10.5 Å². The Labute approximate surface area is 113 Å². The van der Waals surface area contributed by atoms with Crippen LogP contribution in [0.3, 0.4) is 0 Å². The third-order valence-electron chi connectivity index (χ3n) is 1.73. The number of halogens is 4. The number of hydrogen-bond donors (Lipinski definition) is 0. The van der Waals surface area contributed by atoms with E-state index in [0.717, 1.165) is 13.2 Å². The Hall–Kier alpha value is -1.26. The third kappa shape index (κ3) is 3.62. The summed E-state index contributed by atoms with van der Waals surface area (Å²) >= 11 is 1.71. The molecule has 1 rings (SSSR count). The number of methoxy groups -OCH3 is 2. The van der Waals surface area contributed by atoms with Gasteiger partial charge in [0, 0.05) is 6.07 Å². The molecule has 1 heterocycles. The van der Waals surface area contributed by atoms with Crippen molar-refractivity contribution < 1.29 is 32.2 Å². The van der Waals surface area contributed by atoms with Gasteiger partial charge < -0.3 is 14.2 Å². The largest absolute Gasteiger partial charge is 0.573 e. The normalized spacial score (nSPS) is 11.0. The minimum absolute atomic E-state index is 0.0579. The second-order valence-electron chi connectivity index (χ2n) is 2.87. The molecule has 0 aromatic carbocycles. The van der Waals surface area contributed by atoms with Gasteiger partial charge in [0.15, 0.2) is 17.2 Å². The van der Waals surface area contributed by atoms with E-state index in [-0.39, 0.29) is 9.45 Å². The number of alkyl halides is 3. The molecule has 0 saturated heterocycles. The van der Waals surface area contributed by atoms with Gasteiger partial charge in [-0.05, 0) is 22.6 Å². The first-order valence-electron chi connectivity index (χ1n) is 4.37. The number of aromatic nitrogens is 1. The van der Waals surface area contributed by atoms with E-state index >= 15 is 0 Å². The van der Waals surface area contributed by atoms with E-state index in [9.17, 15) is 18.0 Å². The maximum Gasteiger partial charge on any atom is 0.573 e. The topological polar surface area (TPSA) is 57.7 Å². The van der Waals surface area contributed by atoms with Crippen molar-refractivity contribution in [1.29, 1.82) is 0 Å². The summed E-state index contributed by atoms with van der Waals surface area (Å²) in [7, 11) is 2.28. The van der Waals surface area contributed by atoms with Crippen LogP contribution in [0.4, 0.5) is 13.2 Å². The molecule has 0 aliphatic carbocycles. The van der Waals surface area contributed by atoms with Crippen molar-refractivity contribution in [3.05, 3.63) is 15.5 Å². The highest BCUT2D eigenvalue weighted by molar-refractivity contribution is 14.1. The highest BCUT2D eigenvalue weighted by Crippen LogP contribution is 2.31. The molecule has 9 heteroatoms. The molecule has 5 nitrogen and oxygen atoms in total. The summed E-state index contributed by atoms with van der Waals surface area (Å²) in [6.07, 6.45) is -4.94. The summed E-state index contributed by atoms with van der Waals surface area (Å²) in [6.45, 7) is 0. The summed E-state index contributed by atoms with van der Waals surface area (Å²) in [5.74, 6) is -1.75. The number of carbonyl (C=O) groups excluding carboxylic acids is 1. The SMILES string of the molecule is COC(=O)c1nc(I)c(OC)cc1OC(F)(F)F. The van der Waals surface area contributed by atoms with Crippen LogP contribution in [-0.4, -0.2) is 31.5 Å². The Morgan fingerprint density at radius 1 is 1.33 bits per heavy atom. The summed E-state index contributed by atoms with van der Waals surface area (Å²) in [5.41, 5.74) is -0.569. The van der Waals surface area contributed by atoms with Gasteiger partial charge >= 0.3 is 12.3 Å². The fraction of sp³-hybridized carbons (Fsp3) is 0.333. The number of hydrogen-bond acceptors (Lipinski definition) is 5. The molecule has 18 heavy (non-hydrogen) atoms. The Bertz CT molecular complexity index is 464. The van der Waals surface area contributed by atoms with Gasteiger partial charge in [0.2, 0.25) is 0 Å². The molecular formula is C9H7F3INO4. The van der Waals surface area contributed by atoms with Crippen molar-refractivity contribution in [1.82, 2.24) is 4.98 Å². The molecular weight excluding hydrogens is 370 g/mol. The van der Waals surface area contributed by atoms with Crippen LogP contribution in [0.15, 0.2) is 6.07 Å². The van der Waals surface area contributed by atoms with E-state index in [4.69, 9.17) is 4.74 Å². The summed E-state index contributed by atoms with van der Waals surface area (Å²) in [6, 6.07) is 0.925. The lowest BCUT2D eigenvalue weighted by atomic mass is 10.3. The summed E-state index contributed by atoms with van der Waals surface area (Å²) in [4.78, 5) is 15.0. The lowest BCUT2D eigenvalue weighted by molar-refractivity contribution is -0.274. The van der Waals surface area contributed by atoms with Crippen molar-refractivity contribution in [2.24, 2.45) is 0 Å². The van der Waals surface area contributed by atoms with Crippen molar-refractivity contribution in [3.63, 3.8) is 0 Å². The fourth-order valence-corrected chi connectivity index (χ4v) is 1.66. The van der Waals surface area contributed by atoms with Crippen molar-refractivity contribution >= 4 is 28.6 Å². The van der Waals surface area contributed by atoms with Gasteiger partial charge in [-0.2, -0.15) is 0 Å². The maximum absolute atomic E-state index is 12.2. The van der Waals surface area contributed by atoms with E-state index in [1.165, 1.54) is 7.11 Å². The van der Waals surface area contributed by atoms with E-state index in [1.54, 1.807) is 22.6 Å². The third-order valence-corrected chi connectivity index (χ3v) is 2.51. The van der Waals surface area contributed by atoms with Crippen LogP contribution in [-0.2, 0) is 4.74 Å². The highest BCUT2D eigenvalue weighted by atomic mass is 127. The van der Waals surface area contributed by atoms with Gasteiger partial charge in [-0.1, -0.05) is 0 Å². The average Bonchev–Trinajstić information content (AvgIpc) is 2.28. The van der Waals surface area contributed by atoms with Crippen molar-refractivity contribution in [2.75, 3.05) is 14.2 Å². The monoisotopic (exact) mass is 377 g/mol. The second kappa shape index (κ2) is 5.59. The molecule has 0 saturated carbocycles. The molecule has 0 radical (unpaired) electrons. The minimum atomic E-state index is -4.94. The quantitative estimate of drug-likeness (QED) is 0.460. The Balaban J connectivity index is 3.30. The van der Waals surface area contributed by atoms with Crippen LogP contribution in [0.25, 0.3) is 0 Å². The minimum Gasteiger partial charge on any atom is -0.494 e. The predicted octanol–water partition coefficient (Wildman–Crippen LogP) is 2.38. The molecule has 0 N–H and O–H groups in total. The van der Waals surface area contributed by atoms with Crippen molar-refractivity contribution in [2.45, 2.75) is 6.36 Å². The second-order valence-corrected chi connectivity index (χ2v) is 3.89. The molecule has 1 aromatic heterocycles. The van der Waals surface area contributed by atoms with Gasteiger partial charge in [0.25, 0.3) is 0 Å². The molecule has 0 fully saturated rings. The fourth-order valence-electron chi connectivity index (χ4n) is 1.04. The van der Waals surface area contributed by atoms with Gasteiger partial charge in [-0.15, -0.1) is 13.2 Å². The lowest BCUT2D eigenvalue weighted by Crippen LogP contribution is -2.20. The van der Waals surface area contributed by atoms with E-state index < -0.39 is 23.8 Å². The number of nitrogens with zero attached hydrogens (tertiary/aromatic N) is 1. The molecule has 0 aliphatic heterocycles. The van der Waals surface area contributed by atoms with E-state index in [2.05, 4.69) is 14.5 Å². The van der Waals surface area contributed by atoms with Crippen LogP contribution in [0.5, 0.6) is 11.5 Å². The molecule has 0 atom stereocenters. The molecule has 0 spiro atoms. The van der Waals surface area contributed by atoms with Crippen LogP contribution >= 0.6 is 22.6 Å². The predicted molar refractivity (Wildman–Crippen MR) is 61.5 cm³/mol. The number of ether oxygens (including phenoxy) is 3. The molecule has 100 valence electrons. The number of esters is 1. The molecule has 0 unspecified atom stereocenters. The first kappa shape index (κ1) is 14.8. The van der Waals surface area contributed by atoms with Gasteiger partial charge in [0.05, 0.1) is 14.2 Å². The first-order chi connectivity index (χ1) is 8.28. The lowest BCUT2D eigenvalue weighted by Gasteiger charge is -2.13. The number of pyridine rings is 1. The van der Waals surface area contributed by atoms with E-state index in [0.29, 0.717) is 0 Å². The highest BCUT2D eigenvalue weighted by Gasteiger charge is 2.34. The summed E-state index contributed by atoms with van der Waals surface area (Å²) in [5, 5.41) is 0. The Kier molecular flexibility index (Phi) is 4.59. The van der Waals surface area contributed by atoms with Crippen LogP contribution in [0, 0.1) is 3.70 Å². The Morgan fingerprint density at radius 2 is 1.94 bits per heavy atom. The zero-order valence-electron chi connectivity index (χ0n) is 9.17. The standard InChI is InChI=1S/C9H7F3INO4/c1-16-5-3-4(18-9(10,11)12)6(8(15)17-2)14-7(5)13/h3H,1-2H3. The van der Waals surface area contributed by atoms with Crippen LogP contribution in [0.2, 0.25) is 0 Å². The van der Waals surface area contributed by atoms with Gasteiger partial charge in [-0.3, -0.25) is 0 Å².